The number of ether oxygens (including phenoxy) is 1. The van der Waals surface area contributed by atoms with Crippen molar-refractivity contribution in [3.8, 4) is 0 Å². The molecule has 1 atom stereocenters. The van der Waals surface area contributed by atoms with Crippen LogP contribution in [-0.2, 0) is 25.6 Å². The standard InChI is InChI=1S/C21H27N3O6S2/c1-21(2,3)30-20(26)22-12-13-23-32(28,29)18-7-5-6-16(14-18)24-19(25)15-8-10-17(11-9-15)31(4)27/h5-11,14,23H,12-13H2,1-4H3,(H,22,26)(H,24,25). The number of hydrogen-bond acceptors (Lipinski definition) is 6. The molecule has 2 rings (SSSR count). The van der Waals surface area contributed by atoms with Gasteiger partial charge in [-0.05, 0) is 63.2 Å². The van der Waals surface area contributed by atoms with Crippen molar-refractivity contribution < 1.29 is 27.0 Å². The average Bonchev–Trinajstić information content (AvgIpc) is 2.70. The van der Waals surface area contributed by atoms with Crippen LogP contribution in [0.1, 0.15) is 31.1 Å². The van der Waals surface area contributed by atoms with E-state index in [1.54, 1.807) is 57.4 Å². The number of alkyl carbamates (subject to hydrolysis) is 1. The third-order valence-corrected chi connectivity index (χ3v) is 6.33. The van der Waals surface area contributed by atoms with Gasteiger partial charge in [-0.3, -0.25) is 9.00 Å². The molecule has 0 radical (unpaired) electrons. The molecule has 9 nitrogen and oxygen atoms in total. The van der Waals surface area contributed by atoms with Crippen LogP contribution in [0, 0.1) is 0 Å². The molecule has 0 saturated heterocycles. The summed E-state index contributed by atoms with van der Waals surface area (Å²) in [5, 5.41) is 5.11. The maximum atomic E-state index is 12.5. The molecule has 0 spiro atoms. The molecule has 174 valence electrons. The lowest BCUT2D eigenvalue weighted by Gasteiger charge is -2.19. The highest BCUT2D eigenvalue weighted by Gasteiger charge is 2.17. The predicted molar refractivity (Wildman–Crippen MR) is 123 cm³/mol. The molecule has 32 heavy (non-hydrogen) atoms. The van der Waals surface area contributed by atoms with E-state index in [1.165, 1.54) is 18.2 Å². The maximum Gasteiger partial charge on any atom is 0.407 e. The first kappa shape index (κ1) is 25.5. The van der Waals surface area contributed by atoms with Crippen molar-refractivity contribution in [2.75, 3.05) is 24.7 Å². The summed E-state index contributed by atoms with van der Waals surface area (Å²) in [7, 11) is -5.01. The molecule has 0 fully saturated rings. The zero-order chi connectivity index (χ0) is 23.9. The minimum absolute atomic E-state index is 0.0377. The highest BCUT2D eigenvalue weighted by atomic mass is 32.2. The van der Waals surface area contributed by atoms with E-state index in [-0.39, 0.29) is 18.0 Å². The molecule has 0 bridgehead atoms. The Hall–Kier alpha value is -2.76. The van der Waals surface area contributed by atoms with E-state index < -0.39 is 38.4 Å². The molecule has 2 amide bonds. The van der Waals surface area contributed by atoms with Crippen LogP contribution in [-0.4, -0.2) is 49.6 Å². The Morgan fingerprint density at radius 1 is 1.03 bits per heavy atom. The number of benzene rings is 2. The molecule has 1 unspecified atom stereocenters. The van der Waals surface area contributed by atoms with Crippen LogP contribution in [0.3, 0.4) is 0 Å². The molecule has 0 saturated carbocycles. The van der Waals surface area contributed by atoms with E-state index in [1.807, 2.05) is 0 Å². The first-order valence-corrected chi connectivity index (χ1v) is 12.7. The zero-order valence-electron chi connectivity index (χ0n) is 18.3. The number of anilines is 1. The van der Waals surface area contributed by atoms with Gasteiger partial charge in [-0.1, -0.05) is 6.07 Å². The molecular formula is C21H27N3O6S2. The van der Waals surface area contributed by atoms with Gasteiger partial charge in [0, 0.05) is 46.3 Å². The molecule has 3 N–H and O–H groups in total. The van der Waals surface area contributed by atoms with Gasteiger partial charge >= 0.3 is 6.09 Å². The fourth-order valence-electron chi connectivity index (χ4n) is 2.49. The van der Waals surface area contributed by atoms with Crippen LogP contribution in [0.15, 0.2) is 58.3 Å². The summed E-state index contributed by atoms with van der Waals surface area (Å²) in [5.74, 6) is -0.428. The van der Waals surface area contributed by atoms with Crippen molar-refractivity contribution >= 4 is 38.5 Å². The Bertz CT molecular complexity index is 1090. The highest BCUT2D eigenvalue weighted by molar-refractivity contribution is 7.89. The van der Waals surface area contributed by atoms with Gasteiger partial charge in [-0.15, -0.1) is 0 Å². The first-order valence-electron chi connectivity index (χ1n) is 9.69. The summed E-state index contributed by atoms with van der Waals surface area (Å²) < 4.78 is 44.0. The Morgan fingerprint density at radius 3 is 2.28 bits per heavy atom. The Morgan fingerprint density at radius 2 is 1.69 bits per heavy atom. The second-order valence-corrected chi connectivity index (χ2v) is 10.9. The van der Waals surface area contributed by atoms with Gasteiger partial charge in [0.25, 0.3) is 5.91 Å². The lowest BCUT2D eigenvalue weighted by Crippen LogP contribution is -2.37. The zero-order valence-corrected chi connectivity index (χ0v) is 19.9. The monoisotopic (exact) mass is 481 g/mol. The normalized spacial score (nSPS) is 12.6. The molecule has 0 aliphatic rings. The minimum Gasteiger partial charge on any atom is -0.444 e. The first-order chi connectivity index (χ1) is 14.9. The Kier molecular flexibility index (Phi) is 8.53. The highest BCUT2D eigenvalue weighted by Crippen LogP contribution is 2.17. The third kappa shape index (κ3) is 8.06. The minimum atomic E-state index is -3.86. The van der Waals surface area contributed by atoms with Crippen molar-refractivity contribution in [3.05, 3.63) is 54.1 Å². The van der Waals surface area contributed by atoms with Crippen LogP contribution in [0.4, 0.5) is 10.5 Å². The Balaban J connectivity index is 1.96. The molecule has 11 heteroatoms. The number of carbonyl (C=O) groups excluding carboxylic acids is 2. The van der Waals surface area contributed by atoms with E-state index in [4.69, 9.17) is 4.74 Å². The van der Waals surface area contributed by atoms with Crippen molar-refractivity contribution in [3.63, 3.8) is 0 Å². The van der Waals surface area contributed by atoms with E-state index >= 15 is 0 Å². The summed E-state index contributed by atoms with van der Waals surface area (Å²) in [6.07, 6.45) is 0.905. The van der Waals surface area contributed by atoms with Crippen LogP contribution >= 0.6 is 0 Å². The number of nitrogens with one attached hydrogen (secondary N) is 3. The SMILES string of the molecule is CS(=O)c1ccc(C(=O)Nc2cccc(S(=O)(=O)NCCNC(=O)OC(C)(C)C)c2)cc1. The van der Waals surface area contributed by atoms with E-state index in [0.29, 0.717) is 16.1 Å². The van der Waals surface area contributed by atoms with Gasteiger partial charge < -0.3 is 15.4 Å². The number of rotatable bonds is 8. The van der Waals surface area contributed by atoms with Crippen molar-refractivity contribution in [1.29, 1.82) is 0 Å². The average molecular weight is 482 g/mol. The number of carbonyl (C=O) groups is 2. The molecule has 0 aliphatic heterocycles. The van der Waals surface area contributed by atoms with Crippen molar-refractivity contribution in [1.82, 2.24) is 10.0 Å². The lowest BCUT2D eigenvalue weighted by molar-refractivity contribution is 0.0528. The van der Waals surface area contributed by atoms with Gasteiger partial charge in [-0.25, -0.2) is 17.9 Å². The number of hydrogen-bond donors (Lipinski definition) is 3. The Labute approximate surface area is 190 Å². The largest absolute Gasteiger partial charge is 0.444 e. The number of sulfonamides is 1. The fourth-order valence-corrected chi connectivity index (χ4v) is 4.09. The summed E-state index contributed by atoms with van der Waals surface area (Å²) in [4.78, 5) is 24.6. The second kappa shape index (κ2) is 10.7. The smallest absolute Gasteiger partial charge is 0.407 e. The quantitative estimate of drug-likeness (QED) is 0.497. The van der Waals surface area contributed by atoms with Gasteiger partial charge in [0.1, 0.15) is 5.60 Å². The molecule has 2 aromatic rings. The van der Waals surface area contributed by atoms with Gasteiger partial charge in [-0.2, -0.15) is 0 Å². The summed E-state index contributed by atoms with van der Waals surface area (Å²) in [6.45, 7) is 5.18. The maximum absolute atomic E-state index is 12.5. The summed E-state index contributed by atoms with van der Waals surface area (Å²) in [6, 6.07) is 12.1. The summed E-state index contributed by atoms with van der Waals surface area (Å²) in [5.41, 5.74) is -0.00241. The lowest BCUT2D eigenvalue weighted by atomic mass is 10.2. The van der Waals surface area contributed by atoms with Gasteiger partial charge in [0.05, 0.1) is 4.90 Å². The topological polar surface area (TPSA) is 131 Å². The number of amides is 2. The molecule has 0 aliphatic carbocycles. The summed E-state index contributed by atoms with van der Waals surface area (Å²) >= 11 is 0. The predicted octanol–water partition coefficient (Wildman–Crippen LogP) is 2.48. The molecule has 0 aromatic heterocycles. The van der Waals surface area contributed by atoms with Crippen molar-refractivity contribution in [2.45, 2.75) is 36.2 Å². The fraction of sp³-hybridized carbons (Fsp3) is 0.333. The van der Waals surface area contributed by atoms with E-state index in [9.17, 15) is 22.2 Å². The van der Waals surface area contributed by atoms with Crippen LogP contribution in [0.2, 0.25) is 0 Å². The third-order valence-electron chi connectivity index (χ3n) is 3.94. The molecule has 0 heterocycles. The van der Waals surface area contributed by atoms with Gasteiger partial charge in [0.2, 0.25) is 10.0 Å². The van der Waals surface area contributed by atoms with Gasteiger partial charge in [0.15, 0.2) is 0 Å². The second-order valence-electron chi connectivity index (χ2n) is 7.79. The molecular weight excluding hydrogens is 454 g/mol. The van der Waals surface area contributed by atoms with E-state index in [2.05, 4.69) is 15.4 Å². The van der Waals surface area contributed by atoms with Crippen LogP contribution in [0.25, 0.3) is 0 Å². The molecule has 2 aromatic carbocycles. The van der Waals surface area contributed by atoms with Crippen LogP contribution in [0.5, 0.6) is 0 Å². The van der Waals surface area contributed by atoms with Crippen molar-refractivity contribution in [2.24, 2.45) is 0 Å². The van der Waals surface area contributed by atoms with E-state index in [0.717, 1.165) is 0 Å². The van der Waals surface area contributed by atoms with Crippen LogP contribution < -0.4 is 15.4 Å².